The largest absolute Gasteiger partial charge is 0.354 e. The minimum Gasteiger partial charge on any atom is -0.354 e. The first-order valence-electron chi connectivity index (χ1n) is 12.4. The van der Waals surface area contributed by atoms with Crippen LogP contribution in [0.3, 0.4) is 0 Å². The van der Waals surface area contributed by atoms with Crippen LogP contribution in [0.4, 0.5) is 0 Å². The average molecular weight is 612 g/mol. The average Bonchev–Trinajstić information content (AvgIpc) is 2.89. The van der Waals surface area contributed by atoms with E-state index in [2.05, 4.69) is 12.2 Å². The summed E-state index contributed by atoms with van der Waals surface area (Å²) in [6, 6.07) is 19.5. The number of halogens is 4. The molecule has 2 amide bonds. The molecule has 0 spiro atoms. The van der Waals surface area contributed by atoms with Gasteiger partial charge in [-0.15, -0.1) is 11.8 Å². The van der Waals surface area contributed by atoms with Gasteiger partial charge in [0, 0.05) is 50.9 Å². The van der Waals surface area contributed by atoms with Gasteiger partial charge in [-0.1, -0.05) is 102 Å². The van der Waals surface area contributed by atoms with Crippen molar-refractivity contribution in [3.05, 3.63) is 104 Å². The second-order valence-corrected chi connectivity index (χ2v) is 11.4. The quantitative estimate of drug-likeness (QED) is 0.199. The third-order valence-electron chi connectivity index (χ3n) is 5.99. The normalized spacial score (nSPS) is 11.7. The van der Waals surface area contributed by atoms with E-state index in [0.717, 1.165) is 24.0 Å². The highest BCUT2D eigenvalue weighted by molar-refractivity contribution is 7.99. The zero-order valence-corrected chi connectivity index (χ0v) is 24.9. The number of amides is 2. The Labute approximate surface area is 249 Å². The molecule has 9 heteroatoms. The van der Waals surface area contributed by atoms with E-state index >= 15 is 0 Å². The Morgan fingerprint density at radius 2 is 1.63 bits per heavy atom. The predicted octanol–water partition coefficient (Wildman–Crippen LogP) is 8.09. The van der Waals surface area contributed by atoms with E-state index in [0.29, 0.717) is 44.4 Å². The first kappa shape index (κ1) is 30.6. The zero-order chi connectivity index (χ0) is 27.5. The van der Waals surface area contributed by atoms with Gasteiger partial charge in [0.1, 0.15) is 6.04 Å². The highest BCUT2D eigenvalue weighted by Gasteiger charge is 2.31. The standard InChI is InChI=1S/C29H30Cl4N2O2S/c1-2-3-14-34-29(37)27(15-20-8-5-4-6-9-20)35(17-23-24(31)10-7-11-25(23)32)28(36)19-38-18-21-12-13-22(30)16-26(21)33/h4-13,16,27H,2-3,14-15,17-19H2,1H3,(H,34,37)/t27-/m0/s1. The molecule has 1 atom stereocenters. The predicted molar refractivity (Wildman–Crippen MR) is 161 cm³/mol. The molecule has 0 aliphatic heterocycles. The molecule has 0 radical (unpaired) electrons. The van der Waals surface area contributed by atoms with Crippen molar-refractivity contribution in [1.82, 2.24) is 10.2 Å². The van der Waals surface area contributed by atoms with E-state index in [-0.39, 0.29) is 24.1 Å². The molecule has 0 unspecified atom stereocenters. The van der Waals surface area contributed by atoms with Gasteiger partial charge >= 0.3 is 0 Å². The lowest BCUT2D eigenvalue weighted by molar-refractivity contribution is -0.139. The number of unbranched alkanes of at least 4 members (excludes halogenated alkanes) is 1. The Kier molecular flexibility index (Phi) is 12.6. The van der Waals surface area contributed by atoms with Gasteiger partial charge in [0.15, 0.2) is 0 Å². The van der Waals surface area contributed by atoms with E-state index in [9.17, 15) is 9.59 Å². The topological polar surface area (TPSA) is 49.4 Å². The summed E-state index contributed by atoms with van der Waals surface area (Å²) < 4.78 is 0. The molecule has 3 rings (SSSR count). The van der Waals surface area contributed by atoms with Crippen molar-refractivity contribution in [2.45, 2.75) is 44.5 Å². The maximum absolute atomic E-state index is 13.8. The van der Waals surface area contributed by atoms with Crippen molar-refractivity contribution in [3.63, 3.8) is 0 Å². The lowest BCUT2D eigenvalue weighted by Gasteiger charge is -2.32. The summed E-state index contributed by atoms with van der Waals surface area (Å²) >= 11 is 26.7. The molecule has 0 aromatic heterocycles. The Morgan fingerprint density at radius 3 is 2.29 bits per heavy atom. The van der Waals surface area contributed by atoms with Crippen LogP contribution in [0.25, 0.3) is 0 Å². The van der Waals surface area contributed by atoms with E-state index in [1.54, 1.807) is 35.2 Å². The number of carbonyl (C=O) groups is 2. The summed E-state index contributed by atoms with van der Waals surface area (Å²) in [5.74, 6) is 0.274. The molecule has 0 heterocycles. The number of nitrogens with zero attached hydrogens (tertiary/aromatic N) is 1. The number of nitrogens with one attached hydrogen (secondary N) is 1. The Morgan fingerprint density at radius 1 is 0.921 bits per heavy atom. The van der Waals surface area contributed by atoms with Gasteiger partial charge in [-0.2, -0.15) is 0 Å². The maximum Gasteiger partial charge on any atom is 0.243 e. The molecule has 0 saturated heterocycles. The molecule has 3 aromatic carbocycles. The summed E-state index contributed by atoms with van der Waals surface area (Å²) in [6.07, 6.45) is 2.16. The lowest BCUT2D eigenvalue weighted by atomic mass is 10.0. The summed E-state index contributed by atoms with van der Waals surface area (Å²) in [6.45, 7) is 2.71. The zero-order valence-electron chi connectivity index (χ0n) is 21.1. The van der Waals surface area contributed by atoms with Gasteiger partial charge in [0.2, 0.25) is 11.8 Å². The molecule has 0 fully saturated rings. The Hall–Kier alpha value is -1.89. The fraction of sp³-hybridized carbons (Fsp3) is 0.310. The summed E-state index contributed by atoms with van der Waals surface area (Å²) in [7, 11) is 0. The van der Waals surface area contributed by atoms with Crippen LogP contribution >= 0.6 is 58.2 Å². The number of rotatable bonds is 13. The van der Waals surface area contributed by atoms with Crippen molar-refractivity contribution in [1.29, 1.82) is 0 Å². The molecular weight excluding hydrogens is 582 g/mol. The Bertz CT molecular complexity index is 1210. The van der Waals surface area contributed by atoms with Crippen molar-refractivity contribution < 1.29 is 9.59 Å². The van der Waals surface area contributed by atoms with Crippen LogP contribution in [0.2, 0.25) is 20.1 Å². The highest BCUT2D eigenvalue weighted by atomic mass is 35.5. The van der Waals surface area contributed by atoms with Gasteiger partial charge < -0.3 is 10.2 Å². The van der Waals surface area contributed by atoms with Crippen LogP contribution in [-0.4, -0.2) is 35.1 Å². The van der Waals surface area contributed by atoms with Crippen molar-refractivity contribution in [2.75, 3.05) is 12.3 Å². The molecule has 0 bridgehead atoms. The van der Waals surface area contributed by atoms with Crippen LogP contribution in [0.15, 0.2) is 66.7 Å². The summed E-state index contributed by atoms with van der Waals surface area (Å²) in [5.41, 5.74) is 2.44. The lowest BCUT2D eigenvalue weighted by Crippen LogP contribution is -2.51. The fourth-order valence-corrected chi connectivity index (χ4v) is 5.87. The highest BCUT2D eigenvalue weighted by Crippen LogP contribution is 2.29. The SMILES string of the molecule is CCCCNC(=O)[C@H](Cc1ccccc1)N(Cc1c(Cl)cccc1Cl)C(=O)CSCc1ccc(Cl)cc1Cl. The van der Waals surface area contributed by atoms with E-state index in [1.165, 1.54) is 11.8 Å². The molecule has 0 aliphatic rings. The van der Waals surface area contributed by atoms with Crippen LogP contribution < -0.4 is 5.32 Å². The molecular formula is C29H30Cl4N2O2S. The second-order valence-electron chi connectivity index (χ2n) is 8.80. The third-order valence-corrected chi connectivity index (χ3v) is 8.25. The number of thioether (sulfide) groups is 1. The van der Waals surface area contributed by atoms with Crippen LogP contribution in [0.5, 0.6) is 0 Å². The smallest absolute Gasteiger partial charge is 0.243 e. The summed E-state index contributed by atoms with van der Waals surface area (Å²) in [5, 5.41) is 5.01. The minimum atomic E-state index is -0.742. The second kappa shape index (κ2) is 15.6. The van der Waals surface area contributed by atoms with Crippen molar-refractivity contribution >= 4 is 70.0 Å². The van der Waals surface area contributed by atoms with Crippen LogP contribution in [0.1, 0.15) is 36.5 Å². The summed E-state index contributed by atoms with van der Waals surface area (Å²) in [4.78, 5) is 28.8. The van der Waals surface area contributed by atoms with Crippen molar-refractivity contribution in [2.24, 2.45) is 0 Å². The number of hydrogen-bond acceptors (Lipinski definition) is 3. The maximum atomic E-state index is 13.8. The van der Waals surface area contributed by atoms with Gasteiger partial charge in [-0.25, -0.2) is 0 Å². The first-order valence-corrected chi connectivity index (χ1v) is 15.0. The van der Waals surface area contributed by atoms with E-state index in [1.807, 2.05) is 36.4 Å². The minimum absolute atomic E-state index is 0.109. The molecule has 3 aromatic rings. The number of benzene rings is 3. The third kappa shape index (κ3) is 9.10. The van der Waals surface area contributed by atoms with Gasteiger partial charge in [-0.05, 0) is 41.8 Å². The molecule has 0 saturated carbocycles. The van der Waals surface area contributed by atoms with Crippen LogP contribution in [0, 0.1) is 0 Å². The first-order chi connectivity index (χ1) is 18.3. The molecule has 1 N–H and O–H groups in total. The van der Waals surface area contributed by atoms with Gasteiger partial charge in [0.25, 0.3) is 0 Å². The Balaban J connectivity index is 1.88. The molecule has 4 nitrogen and oxygen atoms in total. The van der Waals surface area contributed by atoms with Crippen molar-refractivity contribution in [3.8, 4) is 0 Å². The monoisotopic (exact) mass is 610 g/mol. The van der Waals surface area contributed by atoms with Gasteiger partial charge in [0.05, 0.1) is 5.75 Å². The fourth-order valence-electron chi connectivity index (χ4n) is 3.88. The molecule has 0 aliphatic carbocycles. The van der Waals surface area contributed by atoms with E-state index < -0.39 is 6.04 Å². The van der Waals surface area contributed by atoms with E-state index in [4.69, 9.17) is 46.4 Å². The van der Waals surface area contributed by atoms with Gasteiger partial charge in [-0.3, -0.25) is 9.59 Å². The number of hydrogen-bond donors (Lipinski definition) is 1. The number of carbonyl (C=O) groups excluding carboxylic acids is 2. The molecule has 38 heavy (non-hydrogen) atoms. The van der Waals surface area contributed by atoms with Crippen LogP contribution in [-0.2, 0) is 28.3 Å². The molecule has 202 valence electrons.